The number of hydrogen-bond donors (Lipinski definition) is 0. The van der Waals surface area contributed by atoms with Crippen LogP contribution in [0.3, 0.4) is 0 Å². The van der Waals surface area contributed by atoms with Crippen LogP contribution in [0, 0.1) is 0 Å². The van der Waals surface area contributed by atoms with E-state index >= 15 is 0 Å². The van der Waals surface area contributed by atoms with Gasteiger partial charge in [0.1, 0.15) is 22.5 Å². The van der Waals surface area contributed by atoms with E-state index in [1.54, 1.807) is 18.2 Å². The van der Waals surface area contributed by atoms with Crippen LogP contribution in [0.25, 0.3) is 99.2 Å². The van der Waals surface area contributed by atoms with Crippen LogP contribution in [-0.4, -0.2) is 0 Å². The summed E-state index contributed by atoms with van der Waals surface area (Å²) in [6, 6.07) is 19.8. The zero-order chi connectivity index (χ0) is 42.9. The molecule has 2 aromatic heterocycles. The predicted octanol–water partition coefficient (Wildman–Crippen LogP) is 13.3. The molecule has 8 aromatic carbocycles. The highest BCUT2D eigenvalue weighted by Gasteiger charge is 2.23. The normalized spacial score (nSPS) is 15.5. The van der Waals surface area contributed by atoms with E-state index in [4.69, 9.17) is 21.2 Å². The van der Waals surface area contributed by atoms with Crippen molar-refractivity contribution in [2.75, 3.05) is 0 Å². The van der Waals surface area contributed by atoms with Crippen molar-refractivity contribution in [1.82, 2.24) is 0 Å². The molecule has 0 saturated heterocycles. The molecule has 48 heavy (non-hydrogen) atoms. The van der Waals surface area contributed by atoms with E-state index in [1.807, 2.05) is 72.8 Å². The Morgan fingerprint density at radius 2 is 0.938 bits per heavy atom. The second kappa shape index (κ2) is 10.6. The fourth-order valence-corrected chi connectivity index (χ4v) is 6.79. The van der Waals surface area contributed by atoms with Crippen LogP contribution in [-0.2, 0) is 0 Å². The van der Waals surface area contributed by atoms with Crippen molar-refractivity contribution in [3.63, 3.8) is 0 Å². The molecule has 2 heterocycles. The van der Waals surface area contributed by atoms with Crippen LogP contribution in [0.15, 0.2) is 178 Å². The molecule has 224 valence electrons. The van der Waals surface area contributed by atoms with Gasteiger partial charge < -0.3 is 8.83 Å². The summed E-state index contributed by atoms with van der Waals surface area (Å²) in [5.41, 5.74) is 3.70. The number of furan rings is 2. The van der Waals surface area contributed by atoms with Crippen LogP contribution in [0.4, 0.5) is 0 Å². The van der Waals surface area contributed by atoms with Crippen molar-refractivity contribution in [1.29, 1.82) is 0 Å². The first-order valence-electron chi connectivity index (χ1n) is 21.8. The van der Waals surface area contributed by atoms with Gasteiger partial charge in [-0.25, -0.2) is 0 Å². The topological polar surface area (TPSA) is 26.3 Å². The lowest BCUT2D eigenvalue weighted by Gasteiger charge is -2.17. The van der Waals surface area contributed by atoms with Crippen LogP contribution in [0.5, 0.6) is 0 Å². The lowest BCUT2D eigenvalue weighted by atomic mass is 9.86. The zero-order valence-electron chi connectivity index (χ0n) is 38.0. The quantitative estimate of drug-likeness (QED) is 0.182. The van der Waals surface area contributed by atoms with Crippen molar-refractivity contribution >= 4 is 54.5 Å². The number of rotatable bonds is 4. The minimum atomic E-state index is -0.724. The third-order valence-corrected chi connectivity index (χ3v) is 8.80. The summed E-state index contributed by atoms with van der Waals surface area (Å²) >= 11 is 0. The summed E-state index contributed by atoms with van der Waals surface area (Å²) in [5, 5.41) is 1.14. The average Bonchev–Trinajstić information content (AvgIpc) is 3.86. The summed E-state index contributed by atoms with van der Waals surface area (Å²) in [7, 11) is 0. The second-order valence-electron chi connectivity index (χ2n) is 11.4. The molecule has 10 aromatic rings. The Hall–Kier alpha value is -6.38. The van der Waals surface area contributed by atoms with Gasteiger partial charge >= 0.3 is 0 Å². The van der Waals surface area contributed by atoms with Gasteiger partial charge in [-0.2, -0.15) is 0 Å². The Balaban J connectivity index is 1.38. The number of fused-ring (bicyclic) bond motifs is 7. The summed E-state index contributed by atoms with van der Waals surface area (Å²) in [4.78, 5) is 0. The van der Waals surface area contributed by atoms with Crippen molar-refractivity contribution < 1.29 is 26.7 Å². The molecule has 0 fully saturated rings. The summed E-state index contributed by atoms with van der Waals surface area (Å²) in [5.74, 6) is 0.649. The molecule has 0 N–H and O–H groups in total. The van der Waals surface area contributed by atoms with E-state index in [0.29, 0.717) is 38.8 Å². The standard InChI is InChI=1S/C46H28O2/c1-4-14-29(15-5-1)41-33-20-10-12-22-35(33)42(36-23-13-11-21-34(36)41)32-24-26-39-38(28-32)37-25-27-40-44(46(37)47-39)43(30-16-6-2-7-17-30)45(48-40)31-18-8-3-9-19-31/h1-28H/i1D,4D,5D,10D,11D,12D,13D,14D,15D,20D,21D,22D,23D. The second-order valence-corrected chi connectivity index (χ2v) is 11.4. The molecule has 0 aliphatic rings. The number of hydrogen-bond acceptors (Lipinski definition) is 2. The maximum atomic E-state index is 9.32. The zero-order valence-corrected chi connectivity index (χ0v) is 25.0. The van der Waals surface area contributed by atoms with Gasteiger partial charge in [0.15, 0.2) is 0 Å². The lowest BCUT2D eigenvalue weighted by molar-refractivity contribution is 0.631. The maximum Gasteiger partial charge on any atom is 0.147 e. The third-order valence-electron chi connectivity index (χ3n) is 8.80. The van der Waals surface area contributed by atoms with Crippen LogP contribution in [0.1, 0.15) is 17.8 Å². The van der Waals surface area contributed by atoms with E-state index in [-0.39, 0.29) is 32.7 Å². The van der Waals surface area contributed by atoms with Gasteiger partial charge in [-0.15, -0.1) is 0 Å². The molecule has 0 aliphatic carbocycles. The van der Waals surface area contributed by atoms with Gasteiger partial charge in [0.25, 0.3) is 0 Å². The minimum Gasteiger partial charge on any atom is -0.455 e. The predicted molar refractivity (Wildman–Crippen MR) is 200 cm³/mol. The largest absolute Gasteiger partial charge is 0.455 e. The van der Waals surface area contributed by atoms with Crippen LogP contribution in [0.2, 0.25) is 0 Å². The highest BCUT2D eigenvalue weighted by molar-refractivity contribution is 6.23. The van der Waals surface area contributed by atoms with Gasteiger partial charge in [0.05, 0.1) is 23.2 Å². The maximum absolute atomic E-state index is 9.32. The molecule has 2 nitrogen and oxygen atoms in total. The smallest absolute Gasteiger partial charge is 0.147 e. The van der Waals surface area contributed by atoms with Gasteiger partial charge in [0.2, 0.25) is 0 Å². The minimum absolute atomic E-state index is 0.0390. The molecule has 0 spiro atoms. The molecule has 0 saturated carbocycles. The first-order valence-corrected chi connectivity index (χ1v) is 15.3. The monoisotopic (exact) mass is 625 g/mol. The van der Waals surface area contributed by atoms with Gasteiger partial charge in [0, 0.05) is 21.9 Å². The van der Waals surface area contributed by atoms with E-state index in [0.717, 1.165) is 22.1 Å². The third kappa shape index (κ3) is 4.00. The first-order chi connectivity index (χ1) is 29.2. The summed E-state index contributed by atoms with van der Waals surface area (Å²) in [6.45, 7) is 0. The van der Waals surface area contributed by atoms with Crippen LogP contribution < -0.4 is 0 Å². The molecule has 10 rings (SSSR count). The van der Waals surface area contributed by atoms with Crippen molar-refractivity contribution in [3.8, 4) is 44.7 Å². The highest BCUT2D eigenvalue weighted by atomic mass is 16.3. The number of benzene rings is 8. The molecule has 0 radical (unpaired) electrons. The van der Waals surface area contributed by atoms with E-state index in [9.17, 15) is 5.48 Å². The molecule has 0 bridgehead atoms. The molecule has 0 atom stereocenters. The summed E-state index contributed by atoms with van der Waals surface area (Å²) in [6.07, 6.45) is 0. The van der Waals surface area contributed by atoms with E-state index in [2.05, 4.69) is 0 Å². The molecule has 0 amide bonds. The van der Waals surface area contributed by atoms with Gasteiger partial charge in [-0.05, 0) is 73.6 Å². The van der Waals surface area contributed by atoms with Gasteiger partial charge in [-0.1, -0.05) is 145 Å². The Labute approximate surface area is 295 Å². The molecule has 0 aliphatic heterocycles. The van der Waals surface area contributed by atoms with E-state index < -0.39 is 84.1 Å². The average molecular weight is 626 g/mol. The molecular weight excluding hydrogens is 585 g/mol. The molecule has 2 heteroatoms. The van der Waals surface area contributed by atoms with Gasteiger partial charge in [-0.3, -0.25) is 0 Å². The van der Waals surface area contributed by atoms with Crippen LogP contribution >= 0.6 is 0 Å². The highest BCUT2D eigenvalue weighted by Crippen LogP contribution is 2.48. The molecular formula is C46H28O2. The Morgan fingerprint density at radius 1 is 0.375 bits per heavy atom. The summed E-state index contributed by atoms with van der Waals surface area (Å²) < 4.78 is 128. The SMILES string of the molecule is [2H]c1c([2H])c([2H])c(-c2c3c([2H])c([2H])c([2H])c([2H])c3c(-c3ccc4oc5c(ccc6oc(-c7ccccc7)c(-c7ccccc7)c65)c4c3)c3c([2H])c([2H])c([2H])c([2H])c23)c([2H])c1[2H]. The van der Waals surface area contributed by atoms with Crippen molar-refractivity contribution in [2.24, 2.45) is 0 Å². The van der Waals surface area contributed by atoms with E-state index in [1.165, 1.54) is 0 Å². The Kier molecular flexibility index (Phi) is 3.74. The first kappa shape index (κ1) is 17.0. The lowest BCUT2D eigenvalue weighted by Crippen LogP contribution is -1.90. The van der Waals surface area contributed by atoms with Crippen molar-refractivity contribution in [2.45, 2.75) is 0 Å². The molecule has 0 unspecified atom stereocenters. The van der Waals surface area contributed by atoms with Crippen molar-refractivity contribution in [3.05, 3.63) is 170 Å². The Bertz CT molecular complexity index is 3450. The fraction of sp³-hybridized carbons (Fsp3) is 0. The fourth-order valence-electron chi connectivity index (χ4n) is 6.79. The Morgan fingerprint density at radius 3 is 1.58 bits per heavy atom.